The molecule has 5 heteroatoms. The van der Waals surface area contributed by atoms with E-state index < -0.39 is 0 Å². The first-order valence-corrected chi connectivity index (χ1v) is 5.26. The summed E-state index contributed by atoms with van der Waals surface area (Å²) in [4.78, 5) is 0. The number of ether oxygens (including phenoxy) is 1. The molecule has 1 aromatic carbocycles. The van der Waals surface area contributed by atoms with E-state index in [1.165, 1.54) is 0 Å². The molecule has 5 nitrogen and oxygen atoms in total. The van der Waals surface area contributed by atoms with Gasteiger partial charge in [0.1, 0.15) is 12.3 Å². The van der Waals surface area contributed by atoms with Crippen molar-refractivity contribution in [3.63, 3.8) is 0 Å². The Morgan fingerprint density at radius 3 is 2.88 bits per heavy atom. The summed E-state index contributed by atoms with van der Waals surface area (Å²) >= 11 is 0. The van der Waals surface area contributed by atoms with E-state index >= 15 is 0 Å². The van der Waals surface area contributed by atoms with Crippen molar-refractivity contribution in [1.29, 1.82) is 0 Å². The number of para-hydroxylation sites is 1. The molecule has 0 atom stereocenters. The minimum absolute atomic E-state index is 0.383. The summed E-state index contributed by atoms with van der Waals surface area (Å²) in [5, 5.41) is 11.3. The molecule has 0 aliphatic carbocycles. The molecule has 0 unspecified atom stereocenters. The summed E-state index contributed by atoms with van der Waals surface area (Å²) in [5.41, 5.74) is 0. The van der Waals surface area contributed by atoms with E-state index in [1.807, 2.05) is 30.3 Å². The van der Waals surface area contributed by atoms with Gasteiger partial charge in [0.15, 0.2) is 5.82 Å². The predicted molar refractivity (Wildman–Crippen MR) is 62.3 cm³/mol. The Balaban J connectivity index is 1.86. The van der Waals surface area contributed by atoms with Crippen LogP contribution in [0.3, 0.4) is 0 Å². The maximum absolute atomic E-state index is 5.55. The third kappa shape index (κ3) is 3.05. The van der Waals surface area contributed by atoms with Crippen molar-refractivity contribution >= 4 is 0 Å². The van der Waals surface area contributed by atoms with Crippen LogP contribution in [-0.4, -0.2) is 26.8 Å². The lowest BCUT2D eigenvalue weighted by Crippen LogP contribution is -2.09. The van der Waals surface area contributed by atoms with E-state index in [1.54, 1.807) is 4.68 Å². The van der Waals surface area contributed by atoms with Crippen LogP contribution in [-0.2, 0) is 13.0 Å². The zero-order valence-corrected chi connectivity index (χ0v) is 9.28. The Labute approximate surface area is 99.4 Å². The second-order valence-electron chi connectivity index (χ2n) is 3.37. The Bertz CT molecular complexity index is 501. The molecule has 1 aromatic heterocycles. The Morgan fingerprint density at radius 1 is 1.29 bits per heavy atom. The number of terminal acetylenes is 1. The fourth-order valence-electron chi connectivity index (χ4n) is 1.39. The van der Waals surface area contributed by atoms with E-state index in [-0.39, 0.29) is 0 Å². The first-order chi connectivity index (χ1) is 8.40. The zero-order valence-electron chi connectivity index (χ0n) is 9.28. The van der Waals surface area contributed by atoms with Crippen molar-refractivity contribution < 1.29 is 4.74 Å². The maximum atomic E-state index is 5.55. The van der Waals surface area contributed by atoms with Crippen molar-refractivity contribution in [2.75, 3.05) is 6.61 Å². The molecule has 1 heterocycles. The highest BCUT2D eigenvalue weighted by molar-refractivity contribution is 5.20. The third-order valence-corrected chi connectivity index (χ3v) is 2.18. The molecule has 17 heavy (non-hydrogen) atoms. The van der Waals surface area contributed by atoms with Crippen LogP contribution in [0.25, 0.3) is 0 Å². The van der Waals surface area contributed by atoms with Crippen molar-refractivity contribution in [1.82, 2.24) is 20.2 Å². The van der Waals surface area contributed by atoms with Crippen LogP contribution in [0.4, 0.5) is 0 Å². The number of aromatic nitrogens is 4. The minimum Gasteiger partial charge on any atom is -0.493 e. The van der Waals surface area contributed by atoms with Gasteiger partial charge in [0, 0.05) is 6.42 Å². The lowest BCUT2D eigenvalue weighted by molar-refractivity contribution is 0.316. The highest BCUT2D eigenvalue weighted by atomic mass is 16.5. The fourth-order valence-corrected chi connectivity index (χ4v) is 1.39. The van der Waals surface area contributed by atoms with Crippen LogP contribution in [0.1, 0.15) is 5.82 Å². The average molecular weight is 228 g/mol. The van der Waals surface area contributed by atoms with Crippen molar-refractivity contribution in [2.24, 2.45) is 0 Å². The van der Waals surface area contributed by atoms with Crippen LogP contribution < -0.4 is 4.74 Å². The summed E-state index contributed by atoms with van der Waals surface area (Å²) in [6, 6.07) is 9.62. The number of tetrazole rings is 1. The summed E-state index contributed by atoms with van der Waals surface area (Å²) in [6.45, 7) is 0.905. The van der Waals surface area contributed by atoms with Gasteiger partial charge < -0.3 is 4.74 Å². The second kappa shape index (κ2) is 5.66. The standard InChI is InChI=1S/C12H12N4O/c1-2-9-16-12(13-14-15-16)8-10-17-11-6-4-3-5-7-11/h1,3-7H,8-10H2. The van der Waals surface area contributed by atoms with Gasteiger partial charge in [0.05, 0.1) is 6.61 Å². The Kier molecular flexibility index (Phi) is 3.71. The van der Waals surface area contributed by atoms with E-state index in [0.717, 1.165) is 11.6 Å². The molecule has 0 radical (unpaired) electrons. The summed E-state index contributed by atoms with van der Waals surface area (Å²) in [7, 11) is 0. The minimum atomic E-state index is 0.383. The molecule has 86 valence electrons. The highest BCUT2D eigenvalue weighted by Gasteiger charge is 2.04. The van der Waals surface area contributed by atoms with Crippen LogP contribution in [0, 0.1) is 12.3 Å². The maximum Gasteiger partial charge on any atom is 0.155 e. The number of hydrogen-bond donors (Lipinski definition) is 0. The van der Waals surface area contributed by atoms with Gasteiger partial charge in [0.25, 0.3) is 0 Å². The molecule has 2 aromatic rings. The lowest BCUT2D eigenvalue weighted by Gasteiger charge is -2.05. The molecule has 0 aliphatic rings. The number of rotatable bonds is 5. The van der Waals surface area contributed by atoms with E-state index in [0.29, 0.717) is 19.6 Å². The van der Waals surface area contributed by atoms with Crippen molar-refractivity contribution in [2.45, 2.75) is 13.0 Å². The van der Waals surface area contributed by atoms with E-state index in [2.05, 4.69) is 21.4 Å². The van der Waals surface area contributed by atoms with Gasteiger partial charge >= 0.3 is 0 Å². The monoisotopic (exact) mass is 228 g/mol. The van der Waals surface area contributed by atoms with Gasteiger partial charge in [-0.2, -0.15) is 0 Å². The number of benzene rings is 1. The van der Waals surface area contributed by atoms with Gasteiger partial charge in [-0.3, -0.25) is 0 Å². The van der Waals surface area contributed by atoms with Gasteiger partial charge in [-0.05, 0) is 22.6 Å². The number of nitrogens with zero attached hydrogens (tertiary/aromatic N) is 4. The molecule has 0 bridgehead atoms. The largest absolute Gasteiger partial charge is 0.493 e. The Hall–Kier alpha value is -2.35. The molecule has 0 N–H and O–H groups in total. The molecular weight excluding hydrogens is 216 g/mol. The van der Waals surface area contributed by atoms with Gasteiger partial charge in [-0.15, -0.1) is 11.5 Å². The topological polar surface area (TPSA) is 52.8 Å². The molecular formula is C12H12N4O. The quantitative estimate of drug-likeness (QED) is 0.714. The third-order valence-electron chi connectivity index (χ3n) is 2.18. The van der Waals surface area contributed by atoms with Crippen LogP contribution >= 0.6 is 0 Å². The molecule has 0 amide bonds. The molecule has 0 saturated carbocycles. The summed E-state index contributed by atoms with van der Waals surface area (Å²) < 4.78 is 7.14. The predicted octanol–water partition coefficient (Wildman–Crippen LogP) is 0.928. The molecule has 0 aliphatic heterocycles. The average Bonchev–Trinajstić information content (AvgIpc) is 2.79. The molecule has 0 fully saturated rings. The van der Waals surface area contributed by atoms with Crippen molar-refractivity contribution in [3.8, 4) is 18.1 Å². The lowest BCUT2D eigenvalue weighted by atomic mass is 10.3. The summed E-state index contributed by atoms with van der Waals surface area (Å²) in [5.74, 6) is 4.07. The Morgan fingerprint density at radius 2 is 2.12 bits per heavy atom. The zero-order chi connectivity index (χ0) is 11.9. The van der Waals surface area contributed by atoms with Gasteiger partial charge in [0.2, 0.25) is 0 Å². The molecule has 2 rings (SSSR count). The number of hydrogen-bond acceptors (Lipinski definition) is 4. The summed E-state index contributed by atoms with van der Waals surface area (Å²) in [6.07, 6.45) is 5.84. The van der Waals surface area contributed by atoms with Gasteiger partial charge in [-0.1, -0.05) is 24.1 Å². The molecule has 0 saturated heterocycles. The van der Waals surface area contributed by atoms with E-state index in [4.69, 9.17) is 11.2 Å². The first-order valence-electron chi connectivity index (χ1n) is 5.26. The van der Waals surface area contributed by atoms with Crippen LogP contribution in [0.5, 0.6) is 5.75 Å². The van der Waals surface area contributed by atoms with Crippen molar-refractivity contribution in [3.05, 3.63) is 36.2 Å². The van der Waals surface area contributed by atoms with Crippen LogP contribution in [0.15, 0.2) is 30.3 Å². The fraction of sp³-hybridized carbons (Fsp3) is 0.250. The normalized spacial score (nSPS) is 9.82. The van der Waals surface area contributed by atoms with Crippen LogP contribution in [0.2, 0.25) is 0 Å². The smallest absolute Gasteiger partial charge is 0.155 e. The SMILES string of the molecule is C#CCn1nnnc1CCOc1ccccc1. The van der Waals surface area contributed by atoms with E-state index in [9.17, 15) is 0 Å². The first kappa shape index (κ1) is 11.1. The highest BCUT2D eigenvalue weighted by Crippen LogP contribution is 2.08. The second-order valence-corrected chi connectivity index (χ2v) is 3.37. The molecule has 0 spiro atoms. The van der Waals surface area contributed by atoms with Gasteiger partial charge in [-0.25, -0.2) is 4.68 Å².